The standard InChI is InChI=1S/C5H8N4O2S/c1-3-7-4(6)9-5(8-3)12(2,10)11/h1-2H3,(H2,6,7,8,9). The number of rotatable bonds is 1. The summed E-state index contributed by atoms with van der Waals surface area (Å²) in [4.78, 5) is 10.7. The zero-order chi connectivity index (χ0) is 9.35. The third kappa shape index (κ3) is 1.88. The first kappa shape index (κ1) is 8.85. The molecule has 66 valence electrons. The first-order valence-electron chi connectivity index (χ1n) is 3.08. The minimum Gasteiger partial charge on any atom is -0.368 e. The summed E-state index contributed by atoms with van der Waals surface area (Å²) < 4.78 is 21.9. The van der Waals surface area contributed by atoms with E-state index in [1.165, 1.54) is 0 Å². The fraction of sp³-hybridized carbons (Fsp3) is 0.400. The van der Waals surface area contributed by atoms with Crippen LogP contribution in [0.2, 0.25) is 0 Å². The lowest BCUT2D eigenvalue weighted by Gasteiger charge is -1.98. The van der Waals surface area contributed by atoms with Crippen molar-refractivity contribution in [3.63, 3.8) is 0 Å². The third-order valence-corrected chi connectivity index (χ3v) is 1.92. The number of hydrogen-bond acceptors (Lipinski definition) is 6. The second kappa shape index (κ2) is 2.67. The van der Waals surface area contributed by atoms with E-state index in [-0.39, 0.29) is 11.1 Å². The molecule has 12 heavy (non-hydrogen) atoms. The Morgan fingerprint density at radius 3 is 2.25 bits per heavy atom. The summed E-state index contributed by atoms with van der Waals surface area (Å²) in [6.45, 7) is 1.55. The molecule has 0 spiro atoms. The molecule has 0 saturated heterocycles. The van der Waals surface area contributed by atoms with Gasteiger partial charge in [0.1, 0.15) is 5.82 Å². The highest BCUT2D eigenvalue weighted by atomic mass is 32.2. The van der Waals surface area contributed by atoms with Crippen LogP contribution in [-0.4, -0.2) is 29.6 Å². The van der Waals surface area contributed by atoms with Gasteiger partial charge in [0.2, 0.25) is 15.8 Å². The van der Waals surface area contributed by atoms with Crippen molar-refractivity contribution in [3.8, 4) is 0 Å². The van der Waals surface area contributed by atoms with E-state index in [9.17, 15) is 8.42 Å². The van der Waals surface area contributed by atoms with E-state index in [1.807, 2.05) is 0 Å². The normalized spacial score (nSPS) is 11.5. The van der Waals surface area contributed by atoms with Crippen LogP contribution in [0.3, 0.4) is 0 Å². The Morgan fingerprint density at radius 1 is 1.25 bits per heavy atom. The zero-order valence-corrected chi connectivity index (χ0v) is 7.46. The minimum absolute atomic E-state index is 0.0806. The van der Waals surface area contributed by atoms with Crippen LogP contribution < -0.4 is 5.73 Å². The predicted molar refractivity (Wildman–Crippen MR) is 42.1 cm³/mol. The summed E-state index contributed by atoms with van der Waals surface area (Å²) in [6, 6.07) is 0. The molecule has 0 fully saturated rings. The topological polar surface area (TPSA) is 98.8 Å². The average Bonchev–Trinajstić information content (AvgIpc) is 1.82. The number of hydrogen-bond donors (Lipinski definition) is 1. The first-order chi connectivity index (χ1) is 5.39. The van der Waals surface area contributed by atoms with Gasteiger partial charge in [-0.1, -0.05) is 0 Å². The van der Waals surface area contributed by atoms with Gasteiger partial charge in [-0.25, -0.2) is 13.4 Å². The number of nitrogens with zero attached hydrogens (tertiary/aromatic N) is 3. The Morgan fingerprint density at radius 2 is 1.83 bits per heavy atom. The molecule has 1 aromatic rings. The maximum Gasteiger partial charge on any atom is 0.251 e. The molecule has 0 amide bonds. The Labute approximate surface area is 69.8 Å². The quantitative estimate of drug-likeness (QED) is 0.617. The number of nitrogen functional groups attached to an aromatic ring is 1. The molecule has 0 aromatic carbocycles. The molecule has 1 heterocycles. The fourth-order valence-corrected chi connectivity index (χ4v) is 1.20. The largest absolute Gasteiger partial charge is 0.368 e. The Kier molecular flexibility index (Phi) is 1.97. The second-order valence-electron chi connectivity index (χ2n) is 2.30. The molecule has 0 aliphatic carbocycles. The number of sulfone groups is 1. The van der Waals surface area contributed by atoms with Crippen LogP contribution in [0, 0.1) is 6.92 Å². The maximum atomic E-state index is 10.9. The van der Waals surface area contributed by atoms with Crippen molar-refractivity contribution in [1.29, 1.82) is 0 Å². The molecule has 0 atom stereocenters. The third-order valence-electron chi connectivity index (χ3n) is 1.08. The number of aromatic nitrogens is 3. The lowest BCUT2D eigenvalue weighted by Crippen LogP contribution is -2.09. The Balaban J connectivity index is 3.37. The number of anilines is 1. The van der Waals surface area contributed by atoms with Gasteiger partial charge in [-0.05, 0) is 6.92 Å². The summed E-state index contributed by atoms with van der Waals surface area (Å²) in [5.41, 5.74) is 5.23. The van der Waals surface area contributed by atoms with Gasteiger partial charge in [0, 0.05) is 6.26 Å². The summed E-state index contributed by atoms with van der Waals surface area (Å²) in [5, 5.41) is -0.285. The second-order valence-corrected chi connectivity index (χ2v) is 4.21. The van der Waals surface area contributed by atoms with E-state index in [0.29, 0.717) is 5.82 Å². The van der Waals surface area contributed by atoms with Gasteiger partial charge in [-0.15, -0.1) is 0 Å². The Hall–Kier alpha value is -1.24. The summed E-state index contributed by atoms with van der Waals surface area (Å²) in [7, 11) is -3.39. The van der Waals surface area contributed by atoms with E-state index < -0.39 is 9.84 Å². The molecule has 2 N–H and O–H groups in total. The van der Waals surface area contributed by atoms with Gasteiger partial charge in [-0.2, -0.15) is 9.97 Å². The van der Waals surface area contributed by atoms with E-state index in [1.54, 1.807) is 6.92 Å². The molecule has 0 aliphatic heterocycles. The highest BCUT2D eigenvalue weighted by Gasteiger charge is 2.12. The maximum absolute atomic E-state index is 10.9. The molecular weight excluding hydrogens is 180 g/mol. The van der Waals surface area contributed by atoms with Gasteiger partial charge < -0.3 is 5.73 Å². The first-order valence-corrected chi connectivity index (χ1v) is 4.97. The van der Waals surface area contributed by atoms with Gasteiger partial charge in [0.05, 0.1) is 0 Å². The molecule has 6 nitrogen and oxygen atoms in total. The van der Waals surface area contributed by atoms with E-state index in [2.05, 4.69) is 15.0 Å². The lowest BCUT2D eigenvalue weighted by molar-refractivity contribution is 0.591. The van der Waals surface area contributed by atoms with Gasteiger partial charge >= 0.3 is 0 Å². The number of nitrogens with two attached hydrogens (primary N) is 1. The molecule has 0 unspecified atom stereocenters. The molecule has 0 radical (unpaired) electrons. The van der Waals surface area contributed by atoms with E-state index in [4.69, 9.17) is 5.73 Å². The lowest BCUT2D eigenvalue weighted by atomic mass is 10.7. The SMILES string of the molecule is Cc1nc(N)nc(S(C)(=O)=O)n1. The van der Waals surface area contributed by atoms with Crippen molar-refractivity contribution < 1.29 is 8.42 Å². The molecule has 0 bridgehead atoms. The summed E-state index contributed by atoms with van der Waals surface area (Å²) in [6.07, 6.45) is 1.02. The van der Waals surface area contributed by atoms with Crippen molar-refractivity contribution in [3.05, 3.63) is 5.82 Å². The van der Waals surface area contributed by atoms with Gasteiger partial charge in [0.15, 0.2) is 0 Å². The van der Waals surface area contributed by atoms with Crippen molar-refractivity contribution in [2.45, 2.75) is 12.1 Å². The molecule has 1 rings (SSSR count). The van der Waals surface area contributed by atoms with Crippen molar-refractivity contribution >= 4 is 15.8 Å². The Bertz CT molecular complexity index is 380. The average molecular weight is 188 g/mol. The molecule has 1 aromatic heterocycles. The van der Waals surface area contributed by atoms with Crippen LogP contribution in [0.4, 0.5) is 5.95 Å². The van der Waals surface area contributed by atoms with Crippen LogP contribution in [0.25, 0.3) is 0 Å². The van der Waals surface area contributed by atoms with Crippen LogP contribution in [0.1, 0.15) is 5.82 Å². The van der Waals surface area contributed by atoms with Crippen LogP contribution >= 0.6 is 0 Å². The monoisotopic (exact) mass is 188 g/mol. The van der Waals surface area contributed by atoms with E-state index >= 15 is 0 Å². The predicted octanol–water partition coefficient (Wildman–Crippen LogP) is -0.834. The van der Waals surface area contributed by atoms with Gasteiger partial charge in [-0.3, -0.25) is 0 Å². The van der Waals surface area contributed by atoms with Crippen LogP contribution in [0.15, 0.2) is 5.16 Å². The molecule has 0 aliphatic rings. The van der Waals surface area contributed by atoms with Crippen molar-refractivity contribution in [1.82, 2.24) is 15.0 Å². The summed E-state index contributed by atoms with van der Waals surface area (Å²) >= 11 is 0. The van der Waals surface area contributed by atoms with Gasteiger partial charge in [0.25, 0.3) is 5.16 Å². The highest BCUT2D eigenvalue weighted by molar-refractivity contribution is 7.90. The zero-order valence-electron chi connectivity index (χ0n) is 6.64. The van der Waals surface area contributed by atoms with Crippen LogP contribution in [0.5, 0.6) is 0 Å². The smallest absolute Gasteiger partial charge is 0.251 e. The number of aryl methyl sites for hydroxylation is 1. The summed E-state index contributed by atoms with van der Waals surface area (Å²) in [5.74, 6) is 0.214. The fourth-order valence-electron chi connectivity index (χ4n) is 0.643. The molecular formula is C5H8N4O2S. The molecule has 0 saturated carbocycles. The van der Waals surface area contributed by atoms with Crippen molar-refractivity contribution in [2.75, 3.05) is 12.0 Å². The van der Waals surface area contributed by atoms with E-state index in [0.717, 1.165) is 6.26 Å². The van der Waals surface area contributed by atoms with Crippen molar-refractivity contribution in [2.24, 2.45) is 0 Å². The highest BCUT2D eigenvalue weighted by Crippen LogP contribution is 2.02. The minimum atomic E-state index is -3.39. The van der Waals surface area contributed by atoms with Crippen LogP contribution in [-0.2, 0) is 9.84 Å². The molecule has 7 heteroatoms.